The summed E-state index contributed by atoms with van der Waals surface area (Å²) in [6.45, 7) is 0.602. The van der Waals surface area contributed by atoms with E-state index in [-0.39, 0.29) is 11.8 Å². The first-order valence-electron chi connectivity index (χ1n) is 4.04. The van der Waals surface area contributed by atoms with E-state index in [1.54, 1.807) is 7.11 Å². The second-order valence-corrected chi connectivity index (χ2v) is 3.36. The van der Waals surface area contributed by atoms with Crippen LogP contribution in [0.2, 0.25) is 0 Å². The molecule has 3 atom stereocenters. The minimum Gasteiger partial charge on any atom is -0.384 e. The molecule has 60 valence electrons. The van der Waals surface area contributed by atoms with Crippen LogP contribution in [0.1, 0.15) is 6.42 Å². The molecule has 2 aliphatic rings. The minimum atomic E-state index is 0.162. The average Bonchev–Trinajstić information content (AvgIpc) is 2.54. The topological polar surface area (TPSA) is 26.3 Å². The summed E-state index contributed by atoms with van der Waals surface area (Å²) in [7, 11) is 1.66. The van der Waals surface area contributed by atoms with E-state index in [2.05, 4.69) is 6.08 Å². The van der Waals surface area contributed by atoms with Crippen molar-refractivity contribution in [1.29, 1.82) is 0 Å². The predicted molar refractivity (Wildman–Crippen MR) is 41.1 cm³/mol. The highest BCUT2D eigenvalue weighted by atomic mass is 16.5. The third-order valence-electron chi connectivity index (χ3n) is 2.71. The van der Waals surface area contributed by atoms with Gasteiger partial charge in [-0.1, -0.05) is 12.2 Å². The van der Waals surface area contributed by atoms with Crippen LogP contribution in [0, 0.1) is 17.8 Å². The first-order valence-corrected chi connectivity index (χ1v) is 4.04. The highest BCUT2D eigenvalue weighted by Crippen LogP contribution is 2.40. The lowest BCUT2D eigenvalue weighted by atomic mass is 9.93. The molecule has 0 N–H and O–H groups in total. The molecule has 2 nitrogen and oxygen atoms in total. The Morgan fingerprint density at radius 2 is 2.45 bits per heavy atom. The van der Waals surface area contributed by atoms with Gasteiger partial charge in [0, 0.05) is 18.9 Å². The van der Waals surface area contributed by atoms with E-state index >= 15 is 0 Å². The Labute approximate surface area is 66.2 Å². The van der Waals surface area contributed by atoms with Crippen LogP contribution in [-0.4, -0.2) is 19.5 Å². The summed E-state index contributed by atoms with van der Waals surface area (Å²) < 4.78 is 4.99. The van der Waals surface area contributed by atoms with Gasteiger partial charge in [-0.05, 0) is 12.3 Å². The third kappa shape index (κ3) is 0.932. The number of methoxy groups -OCH3 is 1. The zero-order valence-electron chi connectivity index (χ0n) is 6.62. The molecule has 2 bridgehead atoms. The summed E-state index contributed by atoms with van der Waals surface area (Å²) in [4.78, 5) is 11.4. The van der Waals surface area contributed by atoms with Crippen LogP contribution < -0.4 is 0 Å². The quantitative estimate of drug-likeness (QED) is 0.552. The number of Topliss-reactive ketones (excluding diaryl/α,β-unsaturated/α-hetero) is 1. The summed E-state index contributed by atoms with van der Waals surface area (Å²) in [6.07, 6.45) is 5.24. The molecule has 2 rings (SSSR count). The van der Waals surface area contributed by atoms with Gasteiger partial charge in [-0.3, -0.25) is 4.79 Å². The molecule has 0 saturated heterocycles. The first-order chi connectivity index (χ1) is 5.33. The number of allylic oxidation sites excluding steroid dienone is 2. The maximum Gasteiger partial charge on any atom is 0.145 e. The second kappa shape index (κ2) is 2.45. The maximum atomic E-state index is 11.4. The van der Waals surface area contributed by atoms with Crippen molar-refractivity contribution >= 4 is 5.78 Å². The average molecular weight is 152 g/mol. The highest BCUT2D eigenvalue weighted by molar-refractivity contribution is 5.89. The van der Waals surface area contributed by atoms with Gasteiger partial charge in [-0.25, -0.2) is 0 Å². The number of ether oxygens (including phenoxy) is 1. The summed E-state index contributed by atoms with van der Waals surface area (Å²) in [5, 5.41) is 0. The summed E-state index contributed by atoms with van der Waals surface area (Å²) in [6, 6.07) is 0. The Morgan fingerprint density at radius 3 is 3.00 bits per heavy atom. The van der Waals surface area contributed by atoms with Crippen LogP contribution in [0.3, 0.4) is 0 Å². The molecule has 0 aromatic carbocycles. The van der Waals surface area contributed by atoms with E-state index in [0.29, 0.717) is 18.3 Å². The van der Waals surface area contributed by atoms with E-state index < -0.39 is 0 Å². The van der Waals surface area contributed by atoms with Crippen molar-refractivity contribution in [3.8, 4) is 0 Å². The van der Waals surface area contributed by atoms with Gasteiger partial charge < -0.3 is 4.74 Å². The Hall–Kier alpha value is -0.630. The van der Waals surface area contributed by atoms with Crippen LogP contribution in [0.5, 0.6) is 0 Å². The number of hydrogen-bond acceptors (Lipinski definition) is 2. The van der Waals surface area contributed by atoms with E-state index in [4.69, 9.17) is 4.74 Å². The molecule has 0 heterocycles. The molecule has 2 aliphatic carbocycles. The molecule has 0 aromatic heterocycles. The molecule has 0 amide bonds. The first kappa shape index (κ1) is 7.04. The fourth-order valence-corrected chi connectivity index (χ4v) is 2.11. The molecule has 2 heteroatoms. The Balaban J connectivity index is 2.12. The van der Waals surface area contributed by atoms with Gasteiger partial charge in [0.05, 0.1) is 6.61 Å². The Morgan fingerprint density at radius 1 is 1.64 bits per heavy atom. The van der Waals surface area contributed by atoms with E-state index in [1.165, 1.54) is 0 Å². The fraction of sp³-hybridized carbons (Fsp3) is 0.667. The van der Waals surface area contributed by atoms with Crippen LogP contribution >= 0.6 is 0 Å². The SMILES string of the molecule is COCC1C(=O)C2C=CC1C2. The smallest absolute Gasteiger partial charge is 0.145 e. The Bertz CT molecular complexity index is 208. The van der Waals surface area contributed by atoms with Crippen LogP contribution in [-0.2, 0) is 9.53 Å². The summed E-state index contributed by atoms with van der Waals surface area (Å²) in [5.41, 5.74) is 0. The summed E-state index contributed by atoms with van der Waals surface area (Å²) in [5.74, 6) is 1.25. The molecule has 0 radical (unpaired) electrons. The molecule has 1 fully saturated rings. The number of hydrogen-bond donors (Lipinski definition) is 0. The van der Waals surface area contributed by atoms with Gasteiger partial charge >= 0.3 is 0 Å². The molecule has 0 spiro atoms. The van der Waals surface area contributed by atoms with Crippen LogP contribution in [0.4, 0.5) is 0 Å². The van der Waals surface area contributed by atoms with Crippen molar-refractivity contribution in [2.75, 3.05) is 13.7 Å². The van der Waals surface area contributed by atoms with Crippen molar-refractivity contribution in [1.82, 2.24) is 0 Å². The van der Waals surface area contributed by atoms with Gasteiger partial charge in [-0.2, -0.15) is 0 Å². The largest absolute Gasteiger partial charge is 0.384 e. The number of ketones is 1. The van der Waals surface area contributed by atoms with Crippen molar-refractivity contribution in [2.45, 2.75) is 6.42 Å². The van der Waals surface area contributed by atoms with Gasteiger partial charge in [-0.15, -0.1) is 0 Å². The van der Waals surface area contributed by atoms with Gasteiger partial charge in [0.2, 0.25) is 0 Å². The normalized spacial score (nSPS) is 40.5. The van der Waals surface area contributed by atoms with E-state index in [9.17, 15) is 4.79 Å². The fourth-order valence-electron chi connectivity index (χ4n) is 2.11. The van der Waals surface area contributed by atoms with Gasteiger partial charge in [0.1, 0.15) is 5.78 Å². The monoisotopic (exact) mass is 152 g/mol. The van der Waals surface area contributed by atoms with Crippen LogP contribution in [0.15, 0.2) is 12.2 Å². The standard InChI is InChI=1S/C9H12O2/c1-11-5-8-6-2-3-7(4-6)9(8)10/h2-3,6-8H,4-5H2,1H3. The molecule has 0 aliphatic heterocycles. The number of carbonyl (C=O) groups excluding carboxylic acids is 1. The zero-order chi connectivity index (χ0) is 7.84. The molecule has 3 unspecified atom stereocenters. The van der Waals surface area contributed by atoms with E-state index in [0.717, 1.165) is 6.42 Å². The van der Waals surface area contributed by atoms with Crippen LogP contribution in [0.25, 0.3) is 0 Å². The number of fused-ring (bicyclic) bond motifs is 2. The Kier molecular flexibility index (Phi) is 1.57. The lowest BCUT2D eigenvalue weighted by Crippen LogP contribution is -2.23. The lowest BCUT2D eigenvalue weighted by molar-refractivity contribution is -0.124. The van der Waals surface area contributed by atoms with Gasteiger partial charge in [0.15, 0.2) is 0 Å². The highest BCUT2D eigenvalue weighted by Gasteiger charge is 2.42. The molecular weight excluding hydrogens is 140 g/mol. The molecule has 11 heavy (non-hydrogen) atoms. The van der Waals surface area contributed by atoms with Crippen molar-refractivity contribution in [3.05, 3.63) is 12.2 Å². The third-order valence-corrected chi connectivity index (χ3v) is 2.71. The minimum absolute atomic E-state index is 0.162. The number of rotatable bonds is 2. The molecular formula is C9H12O2. The lowest BCUT2D eigenvalue weighted by Gasteiger charge is -2.14. The van der Waals surface area contributed by atoms with Crippen molar-refractivity contribution in [2.24, 2.45) is 17.8 Å². The number of carbonyl (C=O) groups is 1. The molecule has 1 saturated carbocycles. The maximum absolute atomic E-state index is 11.4. The van der Waals surface area contributed by atoms with Gasteiger partial charge in [0.25, 0.3) is 0 Å². The zero-order valence-corrected chi connectivity index (χ0v) is 6.62. The van der Waals surface area contributed by atoms with E-state index in [1.807, 2.05) is 6.08 Å². The van der Waals surface area contributed by atoms with Crippen molar-refractivity contribution < 1.29 is 9.53 Å². The molecule has 0 aromatic rings. The second-order valence-electron chi connectivity index (χ2n) is 3.36. The summed E-state index contributed by atoms with van der Waals surface area (Å²) >= 11 is 0. The predicted octanol–water partition coefficient (Wildman–Crippen LogP) is 1.02. The van der Waals surface area contributed by atoms with Crippen molar-refractivity contribution in [3.63, 3.8) is 0 Å².